The number of hydrogen-bond donors (Lipinski definition) is 1. The van der Waals surface area contributed by atoms with Crippen molar-refractivity contribution < 1.29 is 0 Å². The minimum atomic E-state index is 0.845. The van der Waals surface area contributed by atoms with Crippen LogP contribution in [0.3, 0.4) is 0 Å². The first-order chi connectivity index (χ1) is 8.61. The molecule has 0 saturated carbocycles. The molecule has 0 aliphatic carbocycles. The summed E-state index contributed by atoms with van der Waals surface area (Å²) in [5, 5.41) is 0. The molecule has 0 fully saturated rings. The Bertz CT molecular complexity index is 319. The van der Waals surface area contributed by atoms with Crippen LogP contribution in [0.5, 0.6) is 0 Å². The average molecular weight is 249 g/mol. The molecule has 18 heavy (non-hydrogen) atoms. The summed E-state index contributed by atoms with van der Waals surface area (Å²) in [4.78, 5) is 4.76. The van der Waals surface area contributed by atoms with Crippen LogP contribution in [-0.2, 0) is 6.42 Å². The quantitative estimate of drug-likeness (QED) is 0.716. The van der Waals surface area contributed by atoms with E-state index in [0.29, 0.717) is 0 Å². The average Bonchev–Trinajstić information content (AvgIpc) is 2.35. The molecule has 102 valence electrons. The molecule has 0 aromatic heterocycles. The van der Waals surface area contributed by atoms with Gasteiger partial charge in [0.1, 0.15) is 0 Å². The van der Waals surface area contributed by atoms with Crippen molar-refractivity contribution in [2.75, 3.05) is 46.0 Å². The van der Waals surface area contributed by atoms with E-state index in [-0.39, 0.29) is 0 Å². The van der Waals surface area contributed by atoms with Crippen LogP contribution in [0.15, 0.2) is 24.3 Å². The Hall–Kier alpha value is -1.06. The molecule has 3 nitrogen and oxygen atoms in total. The Morgan fingerprint density at radius 2 is 1.67 bits per heavy atom. The predicted molar refractivity (Wildman–Crippen MR) is 79.8 cm³/mol. The predicted octanol–water partition coefficient (Wildman–Crippen LogP) is 2.08. The van der Waals surface area contributed by atoms with E-state index in [1.165, 1.54) is 25.1 Å². The van der Waals surface area contributed by atoms with E-state index >= 15 is 0 Å². The smallest absolute Gasteiger partial charge is 0.0314 e. The summed E-state index contributed by atoms with van der Waals surface area (Å²) >= 11 is 0. The Morgan fingerprint density at radius 1 is 1.00 bits per heavy atom. The largest absolute Gasteiger partial charge is 0.399 e. The first kappa shape index (κ1) is 15.0. The summed E-state index contributed by atoms with van der Waals surface area (Å²) < 4.78 is 0. The number of hydrogen-bond acceptors (Lipinski definition) is 3. The summed E-state index contributed by atoms with van der Waals surface area (Å²) in [6.07, 6.45) is 2.35. The second kappa shape index (κ2) is 8.11. The van der Waals surface area contributed by atoms with Gasteiger partial charge in [-0.3, -0.25) is 0 Å². The first-order valence-corrected chi connectivity index (χ1v) is 6.83. The van der Waals surface area contributed by atoms with Crippen LogP contribution in [0.25, 0.3) is 0 Å². The topological polar surface area (TPSA) is 32.5 Å². The molecule has 1 aromatic rings. The van der Waals surface area contributed by atoms with Crippen LogP contribution in [-0.4, -0.2) is 50.1 Å². The highest BCUT2D eigenvalue weighted by Crippen LogP contribution is 2.07. The minimum Gasteiger partial charge on any atom is -0.399 e. The summed E-state index contributed by atoms with van der Waals surface area (Å²) in [5.41, 5.74) is 7.90. The van der Waals surface area contributed by atoms with Crippen molar-refractivity contribution in [1.82, 2.24) is 9.80 Å². The maximum Gasteiger partial charge on any atom is 0.0314 e. The molecule has 0 bridgehead atoms. The van der Waals surface area contributed by atoms with Gasteiger partial charge in [0.15, 0.2) is 0 Å². The van der Waals surface area contributed by atoms with E-state index in [1.807, 2.05) is 12.1 Å². The van der Waals surface area contributed by atoms with Gasteiger partial charge in [-0.25, -0.2) is 0 Å². The van der Waals surface area contributed by atoms with Gasteiger partial charge in [0.25, 0.3) is 0 Å². The third-order valence-corrected chi connectivity index (χ3v) is 3.22. The van der Waals surface area contributed by atoms with Gasteiger partial charge in [-0.1, -0.05) is 19.1 Å². The maximum absolute atomic E-state index is 5.69. The molecule has 0 amide bonds. The summed E-state index contributed by atoms with van der Waals surface area (Å²) in [6, 6.07) is 8.22. The fourth-order valence-corrected chi connectivity index (χ4v) is 2.01. The Morgan fingerprint density at radius 3 is 2.22 bits per heavy atom. The molecule has 0 atom stereocenters. The van der Waals surface area contributed by atoms with E-state index in [1.54, 1.807) is 0 Å². The molecule has 0 aliphatic heterocycles. The molecule has 2 N–H and O–H groups in total. The highest BCUT2D eigenvalue weighted by atomic mass is 15.1. The van der Waals surface area contributed by atoms with Gasteiger partial charge in [0, 0.05) is 12.2 Å². The van der Waals surface area contributed by atoms with Gasteiger partial charge >= 0.3 is 0 Å². The normalized spacial score (nSPS) is 11.4. The molecule has 0 spiro atoms. The zero-order valence-electron chi connectivity index (χ0n) is 12.0. The fourth-order valence-electron chi connectivity index (χ4n) is 2.01. The van der Waals surface area contributed by atoms with E-state index in [0.717, 1.165) is 25.2 Å². The lowest BCUT2D eigenvalue weighted by atomic mass is 10.1. The molecule has 0 heterocycles. The molecule has 0 saturated heterocycles. The van der Waals surface area contributed by atoms with E-state index in [2.05, 4.69) is 43.0 Å². The van der Waals surface area contributed by atoms with E-state index in [9.17, 15) is 0 Å². The van der Waals surface area contributed by atoms with Crippen molar-refractivity contribution in [2.24, 2.45) is 0 Å². The zero-order chi connectivity index (χ0) is 13.4. The van der Waals surface area contributed by atoms with Crippen LogP contribution in [0.1, 0.15) is 18.9 Å². The van der Waals surface area contributed by atoms with Gasteiger partial charge < -0.3 is 15.5 Å². The Kier molecular flexibility index (Phi) is 6.76. The lowest BCUT2D eigenvalue weighted by molar-refractivity contribution is 0.269. The number of likely N-dealkylation sites (N-methyl/N-ethyl adjacent to an activating group) is 1. The molecule has 0 radical (unpaired) electrons. The van der Waals surface area contributed by atoms with Gasteiger partial charge in [0.05, 0.1) is 0 Å². The second-order valence-electron chi connectivity index (χ2n) is 5.08. The van der Waals surface area contributed by atoms with Crippen molar-refractivity contribution in [3.63, 3.8) is 0 Å². The molecule has 0 aliphatic rings. The van der Waals surface area contributed by atoms with Crippen LogP contribution in [0.2, 0.25) is 0 Å². The summed E-state index contributed by atoms with van der Waals surface area (Å²) in [7, 11) is 4.26. The molecular weight excluding hydrogens is 222 g/mol. The lowest BCUT2D eigenvalue weighted by Gasteiger charge is -2.21. The molecule has 1 rings (SSSR count). The molecule has 1 aromatic carbocycles. The number of nitrogens with zero attached hydrogens (tertiary/aromatic N) is 2. The standard InChI is InChI=1S/C15H27N3/c1-4-18(12-5-11-17(2)3)13-10-14-6-8-15(16)9-7-14/h6-9H,4-5,10-13,16H2,1-3H3. The third kappa shape index (κ3) is 6.03. The van der Waals surface area contributed by atoms with Gasteiger partial charge in [-0.05, 0) is 64.3 Å². The number of anilines is 1. The number of benzene rings is 1. The molecule has 0 unspecified atom stereocenters. The number of rotatable bonds is 8. The molecule has 3 heteroatoms. The van der Waals surface area contributed by atoms with Gasteiger partial charge in [-0.2, -0.15) is 0 Å². The first-order valence-electron chi connectivity index (χ1n) is 6.83. The third-order valence-electron chi connectivity index (χ3n) is 3.22. The Balaban J connectivity index is 2.28. The highest BCUT2D eigenvalue weighted by molar-refractivity contribution is 5.39. The highest BCUT2D eigenvalue weighted by Gasteiger charge is 2.03. The SMILES string of the molecule is CCN(CCCN(C)C)CCc1ccc(N)cc1. The fraction of sp³-hybridized carbons (Fsp3) is 0.600. The number of nitrogens with two attached hydrogens (primary N) is 1. The van der Waals surface area contributed by atoms with Crippen LogP contribution < -0.4 is 5.73 Å². The van der Waals surface area contributed by atoms with E-state index in [4.69, 9.17) is 5.73 Å². The monoisotopic (exact) mass is 249 g/mol. The van der Waals surface area contributed by atoms with Crippen LogP contribution in [0, 0.1) is 0 Å². The van der Waals surface area contributed by atoms with E-state index < -0.39 is 0 Å². The number of nitrogen functional groups attached to an aromatic ring is 1. The maximum atomic E-state index is 5.69. The van der Waals surface area contributed by atoms with Crippen LogP contribution >= 0.6 is 0 Å². The Labute approximate surface area is 112 Å². The summed E-state index contributed by atoms with van der Waals surface area (Å²) in [5.74, 6) is 0. The minimum absolute atomic E-state index is 0.845. The lowest BCUT2D eigenvalue weighted by Crippen LogP contribution is -2.29. The van der Waals surface area contributed by atoms with Crippen LogP contribution in [0.4, 0.5) is 5.69 Å². The van der Waals surface area contributed by atoms with Crippen molar-refractivity contribution in [2.45, 2.75) is 19.8 Å². The van der Waals surface area contributed by atoms with Crippen molar-refractivity contribution in [1.29, 1.82) is 0 Å². The molecular formula is C15H27N3. The van der Waals surface area contributed by atoms with Crippen molar-refractivity contribution in [3.05, 3.63) is 29.8 Å². The van der Waals surface area contributed by atoms with Crippen molar-refractivity contribution in [3.8, 4) is 0 Å². The van der Waals surface area contributed by atoms with Gasteiger partial charge in [-0.15, -0.1) is 0 Å². The second-order valence-corrected chi connectivity index (χ2v) is 5.08. The summed E-state index contributed by atoms with van der Waals surface area (Å²) in [6.45, 7) is 6.84. The van der Waals surface area contributed by atoms with Gasteiger partial charge in [0.2, 0.25) is 0 Å². The zero-order valence-corrected chi connectivity index (χ0v) is 12.0. The van der Waals surface area contributed by atoms with Crippen molar-refractivity contribution >= 4 is 5.69 Å².